The molecule has 0 spiro atoms. The van der Waals surface area contributed by atoms with Crippen molar-refractivity contribution in [1.29, 1.82) is 0 Å². The molecule has 0 bridgehead atoms. The van der Waals surface area contributed by atoms with E-state index in [9.17, 15) is 18.8 Å². The summed E-state index contributed by atoms with van der Waals surface area (Å²) in [6.07, 6.45) is -0.0188. The van der Waals surface area contributed by atoms with Gasteiger partial charge in [-0.3, -0.25) is 9.59 Å². The van der Waals surface area contributed by atoms with E-state index in [1.807, 2.05) is 0 Å². The maximum atomic E-state index is 13.2. The largest absolute Gasteiger partial charge is 0.444 e. The second-order valence-corrected chi connectivity index (χ2v) is 7.66. The number of carbonyl (C=O) groups is 3. The van der Waals surface area contributed by atoms with Crippen LogP contribution in [0.5, 0.6) is 0 Å². The lowest BCUT2D eigenvalue weighted by atomic mass is 10.1. The molecule has 0 heterocycles. The van der Waals surface area contributed by atoms with Gasteiger partial charge in [-0.05, 0) is 69.2 Å². The van der Waals surface area contributed by atoms with Crippen molar-refractivity contribution in [2.24, 2.45) is 0 Å². The fourth-order valence-corrected chi connectivity index (χ4v) is 2.48. The van der Waals surface area contributed by atoms with Crippen LogP contribution in [0.1, 0.15) is 32.8 Å². The van der Waals surface area contributed by atoms with E-state index in [1.165, 1.54) is 12.1 Å². The number of ether oxygens (including phenoxy) is 1. The van der Waals surface area contributed by atoms with Gasteiger partial charge in [-0.1, -0.05) is 12.1 Å². The molecule has 0 unspecified atom stereocenters. The third kappa shape index (κ3) is 8.72. The van der Waals surface area contributed by atoms with Gasteiger partial charge in [0.15, 0.2) is 0 Å². The van der Waals surface area contributed by atoms with Crippen molar-refractivity contribution in [2.75, 3.05) is 17.2 Å². The molecule has 0 aromatic heterocycles. The average molecular weight is 415 g/mol. The Morgan fingerprint density at radius 3 is 2.10 bits per heavy atom. The fraction of sp³-hybridized carbons (Fsp3) is 0.318. The monoisotopic (exact) mass is 415 g/mol. The molecule has 8 heteroatoms. The number of benzene rings is 2. The van der Waals surface area contributed by atoms with Gasteiger partial charge in [0.05, 0.1) is 0 Å². The summed E-state index contributed by atoms with van der Waals surface area (Å²) in [6.45, 7) is 4.96. The Kier molecular flexibility index (Phi) is 7.91. The van der Waals surface area contributed by atoms with Crippen LogP contribution in [0.25, 0.3) is 0 Å². The van der Waals surface area contributed by atoms with Crippen molar-refractivity contribution in [3.05, 3.63) is 59.9 Å². The summed E-state index contributed by atoms with van der Waals surface area (Å²) in [7, 11) is 0. The van der Waals surface area contributed by atoms with Crippen LogP contribution in [0.4, 0.5) is 20.6 Å². The zero-order valence-electron chi connectivity index (χ0n) is 17.3. The third-order valence-corrected chi connectivity index (χ3v) is 3.77. The first-order valence-electron chi connectivity index (χ1n) is 9.52. The number of halogens is 1. The summed E-state index contributed by atoms with van der Waals surface area (Å²) < 4.78 is 18.2. The number of amides is 3. The number of aryl methyl sites for hydroxylation is 1. The van der Waals surface area contributed by atoms with Crippen molar-refractivity contribution in [3.63, 3.8) is 0 Å². The van der Waals surface area contributed by atoms with E-state index in [0.717, 1.165) is 5.56 Å². The van der Waals surface area contributed by atoms with E-state index in [0.29, 0.717) is 17.8 Å². The SMILES string of the molecule is CC(C)(C)OC(=O)NCC(=O)Nc1ccc(NC(=O)CCc2cccc(F)c2)cc1. The molecular weight excluding hydrogens is 389 g/mol. The Hall–Kier alpha value is -3.42. The van der Waals surface area contributed by atoms with E-state index in [-0.39, 0.29) is 24.7 Å². The lowest BCUT2D eigenvalue weighted by Crippen LogP contribution is -2.37. The van der Waals surface area contributed by atoms with Gasteiger partial charge in [0.2, 0.25) is 11.8 Å². The lowest BCUT2D eigenvalue weighted by molar-refractivity contribution is -0.116. The molecular formula is C22H26FN3O4. The Morgan fingerprint density at radius 1 is 0.933 bits per heavy atom. The number of rotatable bonds is 7. The van der Waals surface area contributed by atoms with E-state index >= 15 is 0 Å². The van der Waals surface area contributed by atoms with Gasteiger partial charge in [0.25, 0.3) is 0 Å². The normalized spacial score (nSPS) is 10.8. The zero-order chi connectivity index (χ0) is 22.1. The highest BCUT2D eigenvalue weighted by molar-refractivity contribution is 5.94. The molecule has 2 aromatic rings. The number of nitrogens with one attached hydrogen (secondary N) is 3. The Bertz CT molecular complexity index is 892. The van der Waals surface area contributed by atoms with E-state index in [4.69, 9.17) is 4.74 Å². The standard InChI is InChI=1S/C22H26FN3O4/c1-22(2,3)30-21(29)24-14-20(28)26-18-10-8-17(9-11-18)25-19(27)12-7-15-5-4-6-16(23)13-15/h4-6,8-11,13H,7,12,14H2,1-3H3,(H,24,29)(H,25,27)(H,26,28). The van der Waals surface area contributed by atoms with E-state index < -0.39 is 17.6 Å². The van der Waals surface area contributed by atoms with Gasteiger partial charge >= 0.3 is 6.09 Å². The quantitative estimate of drug-likeness (QED) is 0.640. The molecule has 0 fully saturated rings. The molecule has 30 heavy (non-hydrogen) atoms. The third-order valence-electron chi connectivity index (χ3n) is 3.77. The molecule has 0 aliphatic carbocycles. The van der Waals surface area contributed by atoms with Crippen LogP contribution in [0.2, 0.25) is 0 Å². The predicted molar refractivity (Wildman–Crippen MR) is 113 cm³/mol. The minimum atomic E-state index is -0.672. The van der Waals surface area contributed by atoms with Crippen molar-refractivity contribution in [3.8, 4) is 0 Å². The minimum Gasteiger partial charge on any atom is -0.444 e. The second-order valence-electron chi connectivity index (χ2n) is 7.66. The van der Waals surface area contributed by atoms with Crippen molar-refractivity contribution >= 4 is 29.3 Å². The van der Waals surface area contributed by atoms with Crippen LogP contribution in [0, 0.1) is 5.82 Å². The molecule has 7 nitrogen and oxygen atoms in total. The number of hydrogen-bond acceptors (Lipinski definition) is 4. The summed E-state index contributed by atoms with van der Waals surface area (Å²) in [5.41, 5.74) is 1.20. The molecule has 0 aliphatic heterocycles. The van der Waals surface area contributed by atoms with Gasteiger partial charge in [0, 0.05) is 17.8 Å². The molecule has 2 aromatic carbocycles. The molecule has 0 saturated carbocycles. The highest BCUT2D eigenvalue weighted by Gasteiger charge is 2.16. The summed E-state index contributed by atoms with van der Waals surface area (Å²) in [4.78, 5) is 35.5. The first-order valence-corrected chi connectivity index (χ1v) is 9.52. The van der Waals surface area contributed by atoms with Crippen LogP contribution in [-0.4, -0.2) is 30.1 Å². The second kappa shape index (κ2) is 10.4. The molecule has 2 rings (SSSR count). The maximum Gasteiger partial charge on any atom is 0.408 e. The van der Waals surface area contributed by atoms with Crippen LogP contribution < -0.4 is 16.0 Å². The molecule has 0 radical (unpaired) electrons. The molecule has 3 amide bonds. The number of anilines is 2. The Morgan fingerprint density at radius 2 is 1.53 bits per heavy atom. The Labute approximate surface area is 175 Å². The summed E-state index contributed by atoms with van der Waals surface area (Å²) in [5, 5.41) is 7.76. The van der Waals surface area contributed by atoms with Gasteiger partial charge in [0.1, 0.15) is 18.0 Å². The predicted octanol–water partition coefficient (Wildman–Crippen LogP) is 3.86. The molecule has 0 saturated heterocycles. The van der Waals surface area contributed by atoms with Gasteiger partial charge in [-0.2, -0.15) is 0 Å². The number of carbonyl (C=O) groups excluding carboxylic acids is 3. The Balaban J connectivity index is 1.75. The van der Waals surface area contributed by atoms with E-state index in [2.05, 4.69) is 16.0 Å². The highest BCUT2D eigenvalue weighted by atomic mass is 19.1. The first kappa shape index (κ1) is 22.9. The number of alkyl carbamates (subject to hydrolysis) is 1. The number of hydrogen-bond donors (Lipinski definition) is 3. The summed E-state index contributed by atoms with van der Waals surface area (Å²) >= 11 is 0. The molecule has 0 aliphatic rings. The van der Waals surface area contributed by atoms with Gasteiger partial charge < -0.3 is 20.7 Å². The fourth-order valence-electron chi connectivity index (χ4n) is 2.48. The summed E-state index contributed by atoms with van der Waals surface area (Å²) in [6, 6.07) is 12.7. The molecule has 3 N–H and O–H groups in total. The highest BCUT2D eigenvalue weighted by Crippen LogP contribution is 2.14. The molecule has 160 valence electrons. The van der Waals surface area contributed by atoms with Crippen LogP contribution in [-0.2, 0) is 20.7 Å². The zero-order valence-corrected chi connectivity index (χ0v) is 17.3. The van der Waals surface area contributed by atoms with Crippen LogP contribution in [0.3, 0.4) is 0 Å². The van der Waals surface area contributed by atoms with Crippen LogP contribution >= 0.6 is 0 Å². The maximum absolute atomic E-state index is 13.2. The smallest absolute Gasteiger partial charge is 0.408 e. The lowest BCUT2D eigenvalue weighted by Gasteiger charge is -2.19. The van der Waals surface area contributed by atoms with Crippen molar-refractivity contribution < 1.29 is 23.5 Å². The average Bonchev–Trinajstić information content (AvgIpc) is 2.65. The molecule has 0 atom stereocenters. The van der Waals surface area contributed by atoms with Crippen LogP contribution in [0.15, 0.2) is 48.5 Å². The van der Waals surface area contributed by atoms with Crippen molar-refractivity contribution in [2.45, 2.75) is 39.2 Å². The van der Waals surface area contributed by atoms with Crippen molar-refractivity contribution in [1.82, 2.24) is 5.32 Å². The first-order chi connectivity index (χ1) is 14.1. The minimum absolute atomic E-state index is 0.197. The van der Waals surface area contributed by atoms with E-state index in [1.54, 1.807) is 57.2 Å². The summed E-state index contributed by atoms with van der Waals surface area (Å²) in [5.74, 6) is -0.933. The van der Waals surface area contributed by atoms with Gasteiger partial charge in [-0.15, -0.1) is 0 Å². The topological polar surface area (TPSA) is 96.5 Å². The van der Waals surface area contributed by atoms with Gasteiger partial charge in [-0.25, -0.2) is 9.18 Å².